The molecular formula is C21H34O. The van der Waals surface area contributed by atoms with Gasteiger partial charge in [0.25, 0.3) is 0 Å². The fourth-order valence-corrected chi connectivity index (χ4v) is 7.46. The van der Waals surface area contributed by atoms with E-state index in [4.69, 9.17) is 0 Å². The number of aliphatic hydroxyl groups is 1. The highest BCUT2D eigenvalue weighted by atomic mass is 16.3. The standard InChI is InChI=1S/C21H34O/c1-20-12-4-3-5-15(20)6-8-17-18-9-7-16(11-14-22)21(18,2)13-10-19(17)20/h7,15,17-19,22H,3-6,8-14H2,1-2H3/t15?,17-,18-,19-,20-,21+/m0/s1. The number of allylic oxidation sites excluding steroid dienone is 1. The topological polar surface area (TPSA) is 20.2 Å². The Morgan fingerprint density at radius 3 is 2.73 bits per heavy atom. The Bertz CT molecular complexity index is 467. The largest absolute Gasteiger partial charge is 0.396 e. The Labute approximate surface area is 136 Å². The SMILES string of the molecule is C[C@]12CCCCC1CC[C@@H]1[C@@H]2CC[C@]2(C)C(CCO)=CC[C@@H]12. The van der Waals surface area contributed by atoms with Gasteiger partial charge >= 0.3 is 0 Å². The highest BCUT2D eigenvalue weighted by Gasteiger charge is 2.57. The van der Waals surface area contributed by atoms with E-state index >= 15 is 0 Å². The Balaban J connectivity index is 1.60. The maximum Gasteiger partial charge on any atom is 0.0468 e. The van der Waals surface area contributed by atoms with E-state index in [0.717, 1.165) is 30.1 Å². The molecule has 1 unspecified atom stereocenters. The molecule has 3 saturated carbocycles. The first-order valence-corrected chi connectivity index (χ1v) is 9.90. The molecule has 0 heterocycles. The molecule has 0 amide bonds. The van der Waals surface area contributed by atoms with Gasteiger partial charge in [-0.05, 0) is 85.9 Å². The third-order valence-corrected chi connectivity index (χ3v) is 8.71. The number of aliphatic hydroxyl groups excluding tert-OH is 1. The normalized spacial score (nSPS) is 50.8. The van der Waals surface area contributed by atoms with Crippen molar-refractivity contribution in [2.75, 3.05) is 6.61 Å². The summed E-state index contributed by atoms with van der Waals surface area (Å²) in [6, 6.07) is 0. The summed E-state index contributed by atoms with van der Waals surface area (Å²) in [4.78, 5) is 0. The summed E-state index contributed by atoms with van der Waals surface area (Å²) in [5.41, 5.74) is 2.67. The first-order valence-electron chi connectivity index (χ1n) is 9.90. The molecule has 124 valence electrons. The molecular weight excluding hydrogens is 268 g/mol. The van der Waals surface area contributed by atoms with Crippen LogP contribution < -0.4 is 0 Å². The van der Waals surface area contributed by atoms with Crippen LogP contribution in [0.3, 0.4) is 0 Å². The van der Waals surface area contributed by atoms with Crippen molar-refractivity contribution in [3.63, 3.8) is 0 Å². The molecule has 3 fully saturated rings. The minimum atomic E-state index is 0.335. The highest BCUT2D eigenvalue weighted by molar-refractivity contribution is 5.25. The van der Waals surface area contributed by atoms with Crippen LogP contribution in [-0.2, 0) is 0 Å². The summed E-state index contributed by atoms with van der Waals surface area (Å²) < 4.78 is 0. The van der Waals surface area contributed by atoms with Gasteiger partial charge < -0.3 is 5.11 Å². The second kappa shape index (κ2) is 5.36. The lowest BCUT2D eigenvalue weighted by atomic mass is 9.45. The fraction of sp³-hybridized carbons (Fsp3) is 0.905. The number of hydrogen-bond acceptors (Lipinski definition) is 1. The highest BCUT2D eigenvalue weighted by Crippen LogP contribution is 2.66. The smallest absolute Gasteiger partial charge is 0.0468 e. The summed E-state index contributed by atoms with van der Waals surface area (Å²) >= 11 is 0. The van der Waals surface area contributed by atoms with Gasteiger partial charge in [0.05, 0.1) is 0 Å². The van der Waals surface area contributed by atoms with Crippen LogP contribution >= 0.6 is 0 Å². The van der Waals surface area contributed by atoms with Gasteiger partial charge in [-0.3, -0.25) is 0 Å². The summed E-state index contributed by atoms with van der Waals surface area (Å²) in [5, 5.41) is 9.42. The molecule has 1 heteroatoms. The Morgan fingerprint density at radius 1 is 1.05 bits per heavy atom. The zero-order valence-electron chi connectivity index (χ0n) is 14.6. The van der Waals surface area contributed by atoms with Crippen molar-refractivity contribution in [3.8, 4) is 0 Å². The molecule has 4 aliphatic carbocycles. The van der Waals surface area contributed by atoms with Crippen LogP contribution in [0.1, 0.15) is 78.1 Å². The molecule has 6 atom stereocenters. The molecule has 0 aromatic carbocycles. The molecule has 0 aromatic heterocycles. The average molecular weight is 303 g/mol. The van der Waals surface area contributed by atoms with Crippen molar-refractivity contribution in [1.82, 2.24) is 0 Å². The molecule has 0 radical (unpaired) electrons. The van der Waals surface area contributed by atoms with E-state index in [9.17, 15) is 5.11 Å². The van der Waals surface area contributed by atoms with Gasteiger partial charge in [0, 0.05) is 6.61 Å². The van der Waals surface area contributed by atoms with Crippen LogP contribution in [0, 0.1) is 34.5 Å². The van der Waals surface area contributed by atoms with Crippen LogP contribution in [0.2, 0.25) is 0 Å². The maximum atomic E-state index is 9.42. The average Bonchev–Trinajstić information content (AvgIpc) is 2.84. The van der Waals surface area contributed by atoms with E-state index in [1.807, 2.05) is 0 Å². The molecule has 22 heavy (non-hydrogen) atoms. The van der Waals surface area contributed by atoms with Crippen molar-refractivity contribution >= 4 is 0 Å². The maximum absolute atomic E-state index is 9.42. The zero-order valence-corrected chi connectivity index (χ0v) is 14.6. The molecule has 4 rings (SSSR count). The van der Waals surface area contributed by atoms with E-state index < -0.39 is 0 Å². The molecule has 1 nitrogen and oxygen atoms in total. The van der Waals surface area contributed by atoms with Crippen molar-refractivity contribution < 1.29 is 5.11 Å². The fourth-order valence-electron chi connectivity index (χ4n) is 7.46. The Kier molecular flexibility index (Phi) is 3.72. The van der Waals surface area contributed by atoms with E-state index in [0.29, 0.717) is 17.4 Å². The molecule has 0 spiro atoms. The zero-order chi connectivity index (χ0) is 15.4. The van der Waals surface area contributed by atoms with Crippen molar-refractivity contribution in [2.24, 2.45) is 34.5 Å². The summed E-state index contributed by atoms with van der Waals surface area (Å²) in [6.45, 7) is 5.52. The van der Waals surface area contributed by atoms with Gasteiger partial charge in [0.15, 0.2) is 0 Å². The van der Waals surface area contributed by atoms with E-state index in [1.165, 1.54) is 57.8 Å². The lowest BCUT2D eigenvalue weighted by molar-refractivity contribution is -0.0993. The predicted molar refractivity (Wildman–Crippen MR) is 91.5 cm³/mol. The first kappa shape index (κ1) is 15.2. The molecule has 0 bridgehead atoms. The molecule has 4 aliphatic rings. The number of fused-ring (bicyclic) bond motifs is 5. The van der Waals surface area contributed by atoms with Crippen molar-refractivity contribution in [2.45, 2.75) is 78.1 Å². The lowest BCUT2D eigenvalue weighted by Gasteiger charge is -2.60. The van der Waals surface area contributed by atoms with E-state index in [-0.39, 0.29) is 0 Å². The molecule has 1 N–H and O–H groups in total. The van der Waals surface area contributed by atoms with Crippen LogP contribution in [0.25, 0.3) is 0 Å². The van der Waals surface area contributed by atoms with Crippen LogP contribution in [0.15, 0.2) is 11.6 Å². The van der Waals surface area contributed by atoms with Gasteiger partial charge in [-0.2, -0.15) is 0 Å². The molecule has 0 aliphatic heterocycles. The second-order valence-corrected chi connectivity index (χ2v) is 9.30. The van der Waals surface area contributed by atoms with Gasteiger partial charge in [0.1, 0.15) is 0 Å². The Morgan fingerprint density at radius 2 is 1.91 bits per heavy atom. The summed E-state index contributed by atoms with van der Waals surface area (Å²) in [5.74, 6) is 3.86. The summed E-state index contributed by atoms with van der Waals surface area (Å²) in [6.07, 6.45) is 16.5. The van der Waals surface area contributed by atoms with Gasteiger partial charge in [-0.25, -0.2) is 0 Å². The third-order valence-electron chi connectivity index (χ3n) is 8.71. The second-order valence-electron chi connectivity index (χ2n) is 9.30. The minimum absolute atomic E-state index is 0.335. The number of rotatable bonds is 2. The predicted octanol–water partition coefficient (Wildman–Crippen LogP) is 5.34. The summed E-state index contributed by atoms with van der Waals surface area (Å²) in [7, 11) is 0. The van der Waals surface area contributed by atoms with Gasteiger partial charge in [-0.1, -0.05) is 38.3 Å². The Hall–Kier alpha value is -0.300. The lowest BCUT2D eigenvalue weighted by Crippen LogP contribution is -2.52. The quantitative estimate of drug-likeness (QED) is 0.683. The number of hydrogen-bond donors (Lipinski definition) is 1. The first-order chi connectivity index (χ1) is 10.6. The van der Waals surface area contributed by atoms with E-state index in [1.54, 1.807) is 5.57 Å². The minimum Gasteiger partial charge on any atom is -0.396 e. The van der Waals surface area contributed by atoms with Crippen LogP contribution in [-0.4, -0.2) is 11.7 Å². The van der Waals surface area contributed by atoms with Crippen LogP contribution in [0.5, 0.6) is 0 Å². The monoisotopic (exact) mass is 302 g/mol. The van der Waals surface area contributed by atoms with Gasteiger partial charge in [-0.15, -0.1) is 0 Å². The van der Waals surface area contributed by atoms with Crippen molar-refractivity contribution in [1.29, 1.82) is 0 Å². The van der Waals surface area contributed by atoms with Gasteiger partial charge in [0.2, 0.25) is 0 Å². The molecule has 0 saturated heterocycles. The van der Waals surface area contributed by atoms with Crippen molar-refractivity contribution in [3.05, 3.63) is 11.6 Å². The third kappa shape index (κ3) is 2.00. The van der Waals surface area contributed by atoms with E-state index in [2.05, 4.69) is 19.9 Å². The van der Waals surface area contributed by atoms with Crippen LogP contribution in [0.4, 0.5) is 0 Å². The molecule has 0 aromatic rings.